The first-order chi connectivity index (χ1) is 27.4. The molecule has 12 nitrogen and oxygen atoms in total. The van der Waals surface area contributed by atoms with Gasteiger partial charge in [-0.3, -0.25) is 19.2 Å². The number of esters is 1. The second kappa shape index (κ2) is 20.4. The lowest BCUT2D eigenvalue weighted by atomic mass is 9.89. The molecule has 292 valence electrons. The van der Waals surface area contributed by atoms with Crippen LogP contribution in [-0.4, -0.2) is 49.2 Å². The number of hydrogen-bond donors (Lipinski definition) is 3. The fourth-order valence-electron chi connectivity index (χ4n) is 5.79. The third-order valence-electron chi connectivity index (χ3n) is 8.85. The molecule has 4 aromatic rings. The van der Waals surface area contributed by atoms with Gasteiger partial charge in [0.15, 0.2) is 5.78 Å². The Hall–Kier alpha value is -7.26. The smallest absolute Gasteiger partial charge is 0.342 e. The van der Waals surface area contributed by atoms with Crippen molar-refractivity contribution in [3.63, 3.8) is 0 Å². The van der Waals surface area contributed by atoms with Crippen LogP contribution in [0.2, 0.25) is 0 Å². The molecule has 0 fully saturated rings. The molecule has 0 saturated carbocycles. The number of nitrogens with one attached hydrogen (secondary N) is 2. The Labute approximate surface area is 331 Å². The number of Topliss-reactive ketones (excluding diaryl/α,β-unsaturated/α-hetero) is 2. The standard InChI is InChI=1S/C45H44N4O8/c1-6-23-55-41-28(4)37(19-17-35(41)44(53)49-38-20-18-36(45(54)57-25-8-3)42(29(38)5)56-24-7-2)48-43(52)32-11-9-30(10-12-32)26-39(50)33(21-22-46)27-40(51)31-13-15-34(47)16-14-31/h6-20,33H,1-3,21,23-27,47H2,4-5H3,(H,48,52)(H,49,53). The minimum atomic E-state index is -0.787. The zero-order chi connectivity index (χ0) is 41.5. The lowest BCUT2D eigenvalue weighted by Crippen LogP contribution is -2.20. The second-order valence-electron chi connectivity index (χ2n) is 12.9. The highest BCUT2D eigenvalue weighted by Crippen LogP contribution is 2.34. The van der Waals surface area contributed by atoms with E-state index in [-0.39, 0.29) is 73.3 Å². The highest BCUT2D eigenvalue weighted by molar-refractivity contribution is 6.09. The van der Waals surface area contributed by atoms with E-state index in [1.165, 1.54) is 30.4 Å². The molecule has 0 radical (unpaired) electrons. The molecular formula is C45H44N4O8. The van der Waals surface area contributed by atoms with Crippen molar-refractivity contribution in [2.24, 2.45) is 5.92 Å². The number of carbonyl (C=O) groups excluding carboxylic acids is 5. The largest absolute Gasteiger partial charge is 0.488 e. The molecule has 1 atom stereocenters. The summed E-state index contributed by atoms with van der Waals surface area (Å²) in [7, 11) is 0. The number of nitrogens with two attached hydrogens (primary N) is 1. The maximum absolute atomic E-state index is 13.7. The average Bonchev–Trinajstić information content (AvgIpc) is 3.20. The van der Waals surface area contributed by atoms with Gasteiger partial charge < -0.3 is 30.6 Å². The summed E-state index contributed by atoms with van der Waals surface area (Å²) in [4.78, 5) is 65.8. The number of carbonyl (C=O) groups is 5. The van der Waals surface area contributed by atoms with Crippen molar-refractivity contribution in [2.45, 2.75) is 33.1 Å². The van der Waals surface area contributed by atoms with Gasteiger partial charge in [0.1, 0.15) is 42.7 Å². The van der Waals surface area contributed by atoms with Crippen LogP contribution in [0.15, 0.2) is 111 Å². The zero-order valence-electron chi connectivity index (χ0n) is 31.9. The maximum Gasteiger partial charge on any atom is 0.342 e. The van der Waals surface area contributed by atoms with Gasteiger partial charge in [0.05, 0.1) is 11.6 Å². The van der Waals surface area contributed by atoms with Crippen molar-refractivity contribution in [3.8, 4) is 17.6 Å². The van der Waals surface area contributed by atoms with Gasteiger partial charge in [0.25, 0.3) is 11.8 Å². The lowest BCUT2D eigenvalue weighted by Gasteiger charge is -2.19. The molecule has 0 saturated heterocycles. The third-order valence-corrected chi connectivity index (χ3v) is 8.85. The van der Waals surface area contributed by atoms with Gasteiger partial charge in [-0.2, -0.15) is 5.26 Å². The zero-order valence-corrected chi connectivity index (χ0v) is 31.9. The van der Waals surface area contributed by atoms with Crippen molar-refractivity contribution in [1.29, 1.82) is 5.26 Å². The van der Waals surface area contributed by atoms with Crippen LogP contribution in [0, 0.1) is 31.1 Å². The molecule has 0 aliphatic heterocycles. The fourth-order valence-corrected chi connectivity index (χ4v) is 5.79. The Kier molecular flexibility index (Phi) is 15.2. The van der Waals surface area contributed by atoms with Crippen LogP contribution in [-0.2, 0) is 16.0 Å². The molecular weight excluding hydrogens is 725 g/mol. The number of nitrogen functional groups attached to an aromatic ring is 1. The summed E-state index contributed by atoms with van der Waals surface area (Å²) in [5, 5.41) is 15.1. The predicted molar refractivity (Wildman–Crippen MR) is 219 cm³/mol. The van der Waals surface area contributed by atoms with Crippen LogP contribution in [0.5, 0.6) is 11.5 Å². The third kappa shape index (κ3) is 11.1. The molecule has 1 unspecified atom stereocenters. The maximum atomic E-state index is 13.7. The Morgan fingerprint density at radius 3 is 1.81 bits per heavy atom. The summed E-state index contributed by atoms with van der Waals surface area (Å²) in [5.74, 6) is -2.45. The number of nitriles is 1. The summed E-state index contributed by atoms with van der Waals surface area (Å²) in [5.41, 5.74) is 9.61. The average molecular weight is 769 g/mol. The van der Waals surface area contributed by atoms with Crippen LogP contribution in [0.25, 0.3) is 0 Å². The van der Waals surface area contributed by atoms with Crippen LogP contribution in [0.1, 0.15) is 71.0 Å². The van der Waals surface area contributed by atoms with Crippen molar-refractivity contribution in [2.75, 3.05) is 36.2 Å². The molecule has 2 amide bonds. The molecule has 12 heteroatoms. The number of benzene rings is 4. The molecule has 4 N–H and O–H groups in total. The molecule has 0 aliphatic rings. The van der Waals surface area contributed by atoms with Gasteiger partial charge in [-0.15, -0.1) is 0 Å². The Morgan fingerprint density at radius 1 is 0.719 bits per heavy atom. The number of hydrogen-bond acceptors (Lipinski definition) is 10. The molecule has 4 aromatic carbocycles. The molecule has 0 aromatic heterocycles. The minimum Gasteiger partial charge on any atom is -0.488 e. The van der Waals surface area contributed by atoms with E-state index in [0.29, 0.717) is 44.9 Å². The number of nitrogens with zero attached hydrogens (tertiary/aromatic N) is 1. The van der Waals surface area contributed by atoms with Crippen molar-refractivity contribution in [3.05, 3.63) is 150 Å². The van der Waals surface area contributed by atoms with Gasteiger partial charge >= 0.3 is 5.97 Å². The number of rotatable bonds is 20. The van der Waals surface area contributed by atoms with Crippen LogP contribution in [0.3, 0.4) is 0 Å². The van der Waals surface area contributed by atoms with Crippen molar-refractivity contribution < 1.29 is 38.2 Å². The second-order valence-corrected chi connectivity index (χ2v) is 12.9. The normalized spacial score (nSPS) is 10.9. The topological polar surface area (TPSA) is 187 Å². The Balaban J connectivity index is 1.49. The van der Waals surface area contributed by atoms with Crippen molar-refractivity contribution >= 4 is 46.4 Å². The monoisotopic (exact) mass is 768 g/mol. The number of ketones is 2. The lowest BCUT2D eigenvalue weighted by molar-refractivity contribution is -0.122. The summed E-state index contributed by atoms with van der Waals surface area (Å²) in [6, 6.07) is 21.0. The van der Waals surface area contributed by atoms with Crippen LogP contribution in [0.4, 0.5) is 17.1 Å². The fraction of sp³-hybridized carbons (Fsp3) is 0.200. The molecule has 0 bridgehead atoms. The number of amides is 2. The van der Waals surface area contributed by atoms with Gasteiger partial charge in [0, 0.05) is 64.5 Å². The van der Waals surface area contributed by atoms with E-state index < -0.39 is 23.7 Å². The summed E-state index contributed by atoms with van der Waals surface area (Å²) >= 11 is 0. The Bertz CT molecular complexity index is 2220. The van der Waals surface area contributed by atoms with E-state index in [2.05, 4.69) is 30.4 Å². The number of ether oxygens (including phenoxy) is 3. The first kappa shape index (κ1) is 42.5. The van der Waals surface area contributed by atoms with Gasteiger partial charge in [-0.1, -0.05) is 50.1 Å². The minimum absolute atomic E-state index is 0.0127. The first-order valence-electron chi connectivity index (χ1n) is 17.9. The molecule has 4 rings (SSSR count). The van der Waals surface area contributed by atoms with E-state index >= 15 is 0 Å². The van der Waals surface area contributed by atoms with Crippen LogP contribution < -0.4 is 25.8 Å². The van der Waals surface area contributed by atoms with Gasteiger partial charge in [0.2, 0.25) is 0 Å². The molecule has 0 spiro atoms. The summed E-state index contributed by atoms with van der Waals surface area (Å²) < 4.78 is 16.9. The molecule has 57 heavy (non-hydrogen) atoms. The molecule has 0 aliphatic carbocycles. The van der Waals surface area contributed by atoms with Crippen molar-refractivity contribution in [1.82, 2.24) is 0 Å². The number of anilines is 3. The van der Waals surface area contributed by atoms with E-state index in [1.54, 1.807) is 74.5 Å². The molecule has 0 heterocycles. The van der Waals surface area contributed by atoms with E-state index in [4.69, 9.17) is 19.9 Å². The quantitative estimate of drug-likeness (QED) is 0.0347. The summed E-state index contributed by atoms with van der Waals surface area (Å²) in [6.45, 7) is 14.5. The highest BCUT2D eigenvalue weighted by atomic mass is 16.5. The van der Waals surface area contributed by atoms with Gasteiger partial charge in [-0.25, -0.2) is 4.79 Å². The van der Waals surface area contributed by atoms with E-state index in [0.717, 1.165) is 0 Å². The first-order valence-corrected chi connectivity index (χ1v) is 17.9. The van der Waals surface area contributed by atoms with E-state index in [9.17, 15) is 29.2 Å². The van der Waals surface area contributed by atoms with Crippen LogP contribution >= 0.6 is 0 Å². The highest BCUT2D eigenvalue weighted by Gasteiger charge is 2.25. The predicted octanol–water partition coefficient (Wildman–Crippen LogP) is 7.78. The van der Waals surface area contributed by atoms with E-state index in [1.807, 2.05) is 6.07 Å². The van der Waals surface area contributed by atoms with Gasteiger partial charge in [-0.05, 0) is 80.1 Å². The summed E-state index contributed by atoms with van der Waals surface area (Å²) in [6.07, 6.45) is 4.26. The Morgan fingerprint density at radius 2 is 1.25 bits per heavy atom. The SMILES string of the molecule is C=CCOC(=O)c1ccc(NC(=O)c2ccc(NC(=O)c3ccc(CC(=O)C(CC#N)CC(=O)c4ccc(N)cc4)cc3)c(C)c2OCC=C)c(C)c1OCC=C.